The molecule has 0 radical (unpaired) electrons. The van der Waals surface area contributed by atoms with Gasteiger partial charge in [-0.05, 0) is 35.9 Å². The van der Waals surface area contributed by atoms with Gasteiger partial charge in [0, 0.05) is 18.2 Å². The lowest BCUT2D eigenvalue weighted by molar-refractivity contribution is -0.137. The second kappa shape index (κ2) is 9.16. The number of amides is 1. The molecule has 0 aromatic heterocycles. The third-order valence-electron chi connectivity index (χ3n) is 3.87. The predicted octanol–water partition coefficient (Wildman–Crippen LogP) is 4.06. The molecule has 0 atom stereocenters. The SMILES string of the molecule is COc1ccc(/C=C/C(=O)NCc2cccc(C(F)(F)F)c2)c(OC)c1OC. The minimum atomic E-state index is -4.43. The van der Waals surface area contributed by atoms with Gasteiger partial charge in [0.15, 0.2) is 11.5 Å². The number of methoxy groups -OCH3 is 3. The van der Waals surface area contributed by atoms with Gasteiger partial charge in [0.2, 0.25) is 11.7 Å². The number of benzene rings is 2. The number of hydrogen-bond acceptors (Lipinski definition) is 4. The van der Waals surface area contributed by atoms with Gasteiger partial charge in [-0.3, -0.25) is 4.79 Å². The minimum absolute atomic E-state index is 0.0316. The molecule has 0 unspecified atom stereocenters. The van der Waals surface area contributed by atoms with Crippen LogP contribution >= 0.6 is 0 Å². The molecule has 0 fully saturated rings. The van der Waals surface area contributed by atoms with E-state index in [0.29, 0.717) is 28.4 Å². The summed E-state index contributed by atoms with van der Waals surface area (Å²) in [5.74, 6) is 0.792. The smallest absolute Gasteiger partial charge is 0.416 e. The second-order valence-corrected chi connectivity index (χ2v) is 5.67. The van der Waals surface area contributed by atoms with Crippen molar-refractivity contribution in [1.29, 1.82) is 0 Å². The lowest BCUT2D eigenvalue weighted by atomic mass is 10.1. The molecule has 0 bridgehead atoms. The highest BCUT2D eigenvalue weighted by Crippen LogP contribution is 2.40. The average Bonchev–Trinajstić information content (AvgIpc) is 2.69. The van der Waals surface area contributed by atoms with E-state index in [1.807, 2.05) is 0 Å². The lowest BCUT2D eigenvalue weighted by Gasteiger charge is -2.14. The zero-order valence-electron chi connectivity index (χ0n) is 15.6. The number of rotatable bonds is 7. The number of halogens is 3. The normalized spacial score (nSPS) is 11.4. The van der Waals surface area contributed by atoms with Gasteiger partial charge in [-0.15, -0.1) is 0 Å². The largest absolute Gasteiger partial charge is 0.493 e. The third kappa shape index (κ3) is 5.18. The zero-order valence-corrected chi connectivity index (χ0v) is 15.6. The Hall–Kier alpha value is -3.16. The van der Waals surface area contributed by atoms with E-state index >= 15 is 0 Å². The first-order valence-electron chi connectivity index (χ1n) is 8.21. The van der Waals surface area contributed by atoms with Gasteiger partial charge in [0.25, 0.3) is 0 Å². The third-order valence-corrected chi connectivity index (χ3v) is 3.87. The monoisotopic (exact) mass is 395 g/mol. The summed E-state index contributed by atoms with van der Waals surface area (Å²) in [7, 11) is 4.42. The Morgan fingerprint density at radius 3 is 2.36 bits per heavy atom. The first-order chi connectivity index (χ1) is 13.3. The molecule has 0 saturated carbocycles. The fourth-order valence-electron chi connectivity index (χ4n) is 2.53. The average molecular weight is 395 g/mol. The molecule has 0 aliphatic carbocycles. The summed E-state index contributed by atoms with van der Waals surface area (Å²) in [6.07, 6.45) is -1.65. The minimum Gasteiger partial charge on any atom is -0.493 e. The topological polar surface area (TPSA) is 56.8 Å². The molecule has 8 heteroatoms. The first kappa shape index (κ1) is 21.1. The molecule has 1 amide bonds. The van der Waals surface area contributed by atoms with Crippen LogP contribution < -0.4 is 19.5 Å². The summed E-state index contributed by atoms with van der Waals surface area (Å²) < 4.78 is 54.0. The van der Waals surface area contributed by atoms with Crippen molar-refractivity contribution < 1.29 is 32.2 Å². The van der Waals surface area contributed by atoms with Gasteiger partial charge in [-0.2, -0.15) is 13.2 Å². The van der Waals surface area contributed by atoms with E-state index in [9.17, 15) is 18.0 Å². The molecule has 0 spiro atoms. The molecule has 5 nitrogen and oxygen atoms in total. The van der Waals surface area contributed by atoms with Crippen molar-refractivity contribution in [3.05, 3.63) is 59.2 Å². The predicted molar refractivity (Wildman–Crippen MR) is 98.4 cm³/mol. The first-order valence-corrected chi connectivity index (χ1v) is 8.21. The Bertz CT molecular complexity index is 863. The number of ether oxygens (including phenoxy) is 3. The van der Waals surface area contributed by atoms with Crippen molar-refractivity contribution in [3.63, 3.8) is 0 Å². The van der Waals surface area contributed by atoms with Gasteiger partial charge >= 0.3 is 6.18 Å². The summed E-state index contributed by atoms with van der Waals surface area (Å²) in [6, 6.07) is 8.15. The maximum atomic E-state index is 12.7. The van der Waals surface area contributed by atoms with Gasteiger partial charge in [0.05, 0.1) is 26.9 Å². The molecule has 0 heterocycles. The van der Waals surface area contributed by atoms with Crippen LogP contribution in [0, 0.1) is 0 Å². The van der Waals surface area contributed by atoms with E-state index in [1.165, 1.54) is 45.6 Å². The van der Waals surface area contributed by atoms with Crippen LogP contribution in [0.4, 0.5) is 13.2 Å². The molecule has 0 aliphatic rings. The van der Waals surface area contributed by atoms with Crippen molar-refractivity contribution in [1.82, 2.24) is 5.32 Å². The molecule has 1 N–H and O–H groups in total. The van der Waals surface area contributed by atoms with E-state index in [4.69, 9.17) is 14.2 Å². The number of hydrogen-bond donors (Lipinski definition) is 1. The number of nitrogens with one attached hydrogen (secondary N) is 1. The van der Waals surface area contributed by atoms with Crippen molar-refractivity contribution >= 4 is 12.0 Å². The molecular weight excluding hydrogens is 375 g/mol. The van der Waals surface area contributed by atoms with Crippen LogP contribution in [0.25, 0.3) is 6.08 Å². The highest BCUT2D eigenvalue weighted by atomic mass is 19.4. The van der Waals surface area contributed by atoms with Crippen molar-refractivity contribution in [3.8, 4) is 17.2 Å². The summed E-state index contributed by atoms with van der Waals surface area (Å²) >= 11 is 0. The number of alkyl halides is 3. The van der Waals surface area contributed by atoms with Crippen LogP contribution in [0.1, 0.15) is 16.7 Å². The van der Waals surface area contributed by atoms with Crippen molar-refractivity contribution in [2.45, 2.75) is 12.7 Å². The van der Waals surface area contributed by atoms with E-state index in [1.54, 1.807) is 12.1 Å². The Kier molecular flexibility index (Phi) is 6.92. The van der Waals surface area contributed by atoms with Crippen molar-refractivity contribution in [2.24, 2.45) is 0 Å². The zero-order chi connectivity index (χ0) is 20.7. The van der Waals surface area contributed by atoms with Gasteiger partial charge in [-0.1, -0.05) is 12.1 Å². The molecule has 2 aromatic carbocycles. The Morgan fingerprint density at radius 1 is 1.04 bits per heavy atom. The highest BCUT2D eigenvalue weighted by Gasteiger charge is 2.30. The second-order valence-electron chi connectivity index (χ2n) is 5.67. The number of carbonyl (C=O) groups is 1. The molecule has 150 valence electrons. The van der Waals surface area contributed by atoms with Crippen LogP contribution in [0.5, 0.6) is 17.2 Å². The molecule has 0 aliphatic heterocycles. The van der Waals surface area contributed by atoms with Gasteiger partial charge in [-0.25, -0.2) is 0 Å². The van der Waals surface area contributed by atoms with Crippen LogP contribution in [0.15, 0.2) is 42.5 Å². The Labute approximate surface area is 160 Å². The maximum Gasteiger partial charge on any atom is 0.416 e. The van der Waals surface area contributed by atoms with E-state index in [2.05, 4.69) is 5.32 Å². The molecule has 28 heavy (non-hydrogen) atoms. The lowest BCUT2D eigenvalue weighted by Crippen LogP contribution is -2.20. The molecule has 0 saturated heterocycles. The van der Waals surface area contributed by atoms with Crippen LogP contribution in [0.2, 0.25) is 0 Å². The van der Waals surface area contributed by atoms with Gasteiger partial charge < -0.3 is 19.5 Å². The molecular formula is C20H20F3NO4. The van der Waals surface area contributed by atoms with Crippen LogP contribution in [0.3, 0.4) is 0 Å². The van der Waals surface area contributed by atoms with Crippen LogP contribution in [-0.4, -0.2) is 27.2 Å². The molecule has 2 rings (SSSR count). The van der Waals surface area contributed by atoms with E-state index in [-0.39, 0.29) is 6.54 Å². The fraction of sp³-hybridized carbons (Fsp3) is 0.250. The standard InChI is InChI=1S/C20H20F3NO4/c1-26-16-9-7-14(18(27-2)19(16)28-3)8-10-17(25)24-12-13-5-4-6-15(11-13)20(21,22)23/h4-11H,12H2,1-3H3,(H,24,25)/b10-8+. The van der Waals surface area contributed by atoms with Gasteiger partial charge in [0.1, 0.15) is 0 Å². The van der Waals surface area contributed by atoms with E-state index in [0.717, 1.165) is 12.1 Å². The summed E-state index contributed by atoms with van der Waals surface area (Å²) in [6.45, 7) is -0.0316. The highest BCUT2D eigenvalue weighted by molar-refractivity contribution is 5.92. The summed E-state index contributed by atoms with van der Waals surface area (Å²) in [5, 5.41) is 2.55. The maximum absolute atomic E-state index is 12.7. The Balaban J connectivity index is 2.09. The van der Waals surface area contributed by atoms with Crippen LogP contribution in [-0.2, 0) is 17.5 Å². The van der Waals surface area contributed by atoms with E-state index < -0.39 is 17.6 Å². The van der Waals surface area contributed by atoms with Crippen molar-refractivity contribution in [2.75, 3.05) is 21.3 Å². The Morgan fingerprint density at radius 2 is 1.75 bits per heavy atom. The molecule has 2 aromatic rings. The summed E-state index contributed by atoms with van der Waals surface area (Å²) in [4.78, 5) is 12.0. The quantitative estimate of drug-likeness (QED) is 0.719. The summed E-state index contributed by atoms with van der Waals surface area (Å²) in [5.41, 5.74) is 0.166. The fourth-order valence-corrected chi connectivity index (χ4v) is 2.53. The number of carbonyl (C=O) groups excluding carboxylic acids is 1.